The minimum absolute atomic E-state index is 0.0353. The van der Waals surface area contributed by atoms with Crippen LogP contribution in [0.3, 0.4) is 0 Å². The number of aryl methyl sites for hydroxylation is 1. The molecule has 2 N–H and O–H groups in total. The van der Waals surface area contributed by atoms with Crippen LogP contribution in [0.4, 0.5) is 23.1 Å². The third-order valence-corrected chi connectivity index (χ3v) is 3.74. The predicted molar refractivity (Wildman–Crippen MR) is 103 cm³/mol. The third-order valence-electron chi connectivity index (χ3n) is 3.74. The summed E-state index contributed by atoms with van der Waals surface area (Å²) in [5.41, 5.74) is 3.18. The van der Waals surface area contributed by atoms with E-state index in [0.29, 0.717) is 17.3 Å². The van der Waals surface area contributed by atoms with E-state index in [0.717, 1.165) is 22.8 Å². The Kier molecular flexibility index (Phi) is 5.12. The lowest BCUT2D eigenvalue weighted by Gasteiger charge is -2.11. The number of nitrogens with zero attached hydrogens (tertiary/aromatic N) is 2. The fourth-order valence-electron chi connectivity index (χ4n) is 2.45. The highest BCUT2D eigenvalue weighted by molar-refractivity contribution is 5.94. The van der Waals surface area contributed by atoms with Crippen LogP contribution >= 0.6 is 0 Å². The second-order valence-electron chi connectivity index (χ2n) is 5.83. The summed E-state index contributed by atoms with van der Waals surface area (Å²) in [4.78, 5) is 20.3. The molecule has 0 atom stereocenters. The number of ether oxygens (including phenoxy) is 1. The standard InChI is InChI=1S/C20H20N4O2/c1-13-11-19(22-17-5-4-6-18(12-17)26-3)24-20(21-13)23-16-9-7-15(8-10-16)14(2)25/h4-12H,1-3H3,(H2,21,22,23,24). The number of rotatable bonds is 6. The van der Waals surface area contributed by atoms with Crippen molar-refractivity contribution in [3.63, 3.8) is 0 Å². The van der Waals surface area contributed by atoms with Crippen molar-refractivity contribution in [1.82, 2.24) is 9.97 Å². The number of aromatic nitrogens is 2. The molecule has 0 spiro atoms. The number of nitrogens with one attached hydrogen (secondary N) is 2. The maximum absolute atomic E-state index is 11.4. The monoisotopic (exact) mass is 348 g/mol. The van der Waals surface area contributed by atoms with Crippen LogP contribution in [0.2, 0.25) is 0 Å². The molecule has 0 fully saturated rings. The van der Waals surface area contributed by atoms with Gasteiger partial charge in [0.1, 0.15) is 11.6 Å². The predicted octanol–water partition coefficient (Wildman–Crippen LogP) is 4.48. The first-order valence-corrected chi connectivity index (χ1v) is 8.18. The lowest BCUT2D eigenvalue weighted by atomic mass is 10.1. The molecule has 1 heterocycles. The molecule has 0 aliphatic rings. The molecular weight excluding hydrogens is 328 g/mol. The zero-order chi connectivity index (χ0) is 18.5. The van der Waals surface area contributed by atoms with Gasteiger partial charge in [-0.15, -0.1) is 0 Å². The molecule has 132 valence electrons. The molecule has 0 unspecified atom stereocenters. The Hall–Kier alpha value is -3.41. The molecule has 0 radical (unpaired) electrons. The summed E-state index contributed by atoms with van der Waals surface area (Å²) in [7, 11) is 1.63. The Morgan fingerprint density at radius 1 is 0.962 bits per heavy atom. The van der Waals surface area contributed by atoms with Crippen LogP contribution in [0.25, 0.3) is 0 Å². The number of carbonyl (C=O) groups is 1. The molecule has 0 amide bonds. The number of ketones is 1. The highest BCUT2D eigenvalue weighted by Gasteiger charge is 2.05. The molecule has 0 saturated carbocycles. The highest BCUT2D eigenvalue weighted by atomic mass is 16.5. The van der Waals surface area contributed by atoms with Crippen LogP contribution in [0, 0.1) is 6.92 Å². The lowest BCUT2D eigenvalue weighted by Crippen LogP contribution is -2.02. The number of hydrogen-bond donors (Lipinski definition) is 2. The van der Waals surface area contributed by atoms with Gasteiger partial charge in [-0.1, -0.05) is 6.07 Å². The molecule has 0 saturated heterocycles. The van der Waals surface area contributed by atoms with Crippen molar-refractivity contribution >= 4 is 28.9 Å². The Morgan fingerprint density at radius 3 is 2.42 bits per heavy atom. The summed E-state index contributed by atoms with van der Waals surface area (Å²) in [5.74, 6) is 1.96. The lowest BCUT2D eigenvalue weighted by molar-refractivity contribution is 0.101. The Balaban J connectivity index is 1.79. The number of benzene rings is 2. The molecule has 2 aromatic carbocycles. The van der Waals surface area contributed by atoms with Crippen molar-refractivity contribution < 1.29 is 9.53 Å². The van der Waals surface area contributed by atoms with Gasteiger partial charge in [0.2, 0.25) is 5.95 Å². The second-order valence-corrected chi connectivity index (χ2v) is 5.83. The Bertz CT molecular complexity index is 923. The number of anilines is 4. The molecule has 1 aromatic heterocycles. The van der Waals surface area contributed by atoms with Gasteiger partial charge in [0, 0.05) is 34.8 Å². The zero-order valence-corrected chi connectivity index (χ0v) is 14.9. The van der Waals surface area contributed by atoms with Crippen LogP contribution in [0.5, 0.6) is 5.75 Å². The first-order chi connectivity index (χ1) is 12.5. The summed E-state index contributed by atoms with van der Waals surface area (Å²) in [6.07, 6.45) is 0. The van der Waals surface area contributed by atoms with Gasteiger partial charge in [-0.25, -0.2) is 4.98 Å². The van der Waals surface area contributed by atoms with Crippen LogP contribution in [0.15, 0.2) is 54.6 Å². The topological polar surface area (TPSA) is 76.1 Å². The van der Waals surface area contributed by atoms with E-state index in [1.165, 1.54) is 0 Å². The molecule has 26 heavy (non-hydrogen) atoms. The summed E-state index contributed by atoms with van der Waals surface area (Å²) < 4.78 is 5.24. The maximum Gasteiger partial charge on any atom is 0.229 e. The molecule has 3 rings (SSSR count). The smallest absolute Gasteiger partial charge is 0.229 e. The Morgan fingerprint density at radius 2 is 1.73 bits per heavy atom. The number of methoxy groups -OCH3 is 1. The largest absolute Gasteiger partial charge is 0.497 e. The van der Waals surface area contributed by atoms with Crippen molar-refractivity contribution in [3.8, 4) is 5.75 Å². The van der Waals surface area contributed by atoms with Crippen LogP contribution < -0.4 is 15.4 Å². The Labute approximate surface area is 152 Å². The maximum atomic E-state index is 11.4. The normalized spacial score (nSPS) is 10.3. The SMILES string of the molecule is COc1cccc(Nc2cc(C)nc(Nc3ccc(C(C)=O)cc3)n2)c1. The van der Waals surface area contributed by atoms with Crippen LogP contribution in [0.1, 0.15) is 23.0 Å². The van der Waals surface area contributed by atoms with E-state index in [1.54, 1.807) is 26.2 Å². The average Bonchev–Trinajstić information content (AvgIpc) is 2.62. The molecule has 3 aromatic rings. The van der Waals surface area contributed by atoms with Gasteiger partial charge in [-0.05, 0) is 50.2 Å². The van der Waals surface area contributed by atoms with E-state index in [9.17, 15) is 4.79 Å². The molecule has 6 heteroatoms. The number of Topliss-reactive ketones (excluding diaryl/α,β-unsaturated/α-hetero) is 1. The van der Waals surface area contributed by atoms with Gasteiger partial charge >= 0.3 is 0 Å². The average molecular weight is 348 g/mol. The van der Waals surface area contributed by atoms with E-state index < -0.39 is 0 Å². The minimum Gasteiger partial charge on any atom is -0.497 e. The molecular formula is C20H20N4O2. The van der Waals surface area contributed by atoms with Crippen molar-refractivity contribution in [2.45, 2.75) is 13.8 Å². The minimum atomic E-state index is 0.0353. The van der Waals surface area contributed by atoms with Gasteiger partial charge < -0.3 is 15.4 Å². The highest BCUT2D eigenvalue weighted by Crippen LogP contribution is 2.22. The number of carbonyl (C=O) groups excluding carboxylic acids is 1. The van der Waals surface area contributed by atoms with Crippen molar-refractivity contribution in [2.75, 3.05) is 17.7 Å². The van der Waals surface area contributed by atoms with E-state index in [2.05, 4.69) is 20.6 Å². The van der Waals surface area contributed by atoms with Crippen molar-refractivity contribution in [2.24, 2.45) is 0 Å². The van der Waals surface area contributed by atoms with E-state index in [-0.39, 0.29) is 5.78 Å². The molecule has 0 aliphatic carbocycles. The third kappa shape index (κ3) is 4.36. The number of hydrogen-bond acceptors (Lipinski definition) is 6. The van der Waals surface area contributed by atoms with E-state index in [1.807, 2.05) is 49.4 Å². The fraction of sp³-hybridized carbons (Fsp3) is 0.150. The van der Waals surface area contributed by atoms with Gasteiger partial charge in [0.15, 0.2) is 5.78 Å². The van der Waals surface area contributed by atoms with Gasteiger partial charge in [0.05, 0.1) is 7.11 Å². The molecule has 6 nitrogen and oxygen atoms in total. The summed E-state index contributed by atoms with van der Waals surface area (Å²) >= 11 is 0. The first kappa shape index (κ1) is 17.4. The van der Waals surface area contributed by atoms with Gasteiger partial charge in [0.25, 0.3) is 0 Å². The van der Waals surface area contributed by atoms with Crippen molar-refractivity contribution in [1.29, 1.82) is 0 Å². The van der Waals surface area contributed by atoms with Gasteiger partial charge in [-0.3, -0.25) is 4.79 Å². The van der Waals surface area contributed by atoms with E-state index in [4.69, 9.17) is 4.74 Å². The fourth-order valence-corrected chi connectivity index (χ4v) is 2.45. The quantitative estimate of drug-likeness (QED) is 0.640. The zero-order valence-electron chi connectivity index (χ0n) is 14.9. The van der Waals surface area contributed by atoms with Crippen LogP contribution in [-0.4, -0.2) is 22.9 Å². The summed E-state index contributed by atoms with van der Waals surface area (Å²) in [6.45, 7) is 3.45. The molecule has 0 aliphatic heterocycles. The summed E-state index contributed by atoms with van der Waals surface area (Å²) in [5, 5.41) is 6.42. The van der Waals surface area contributed by atoms with Gasteiger partial charge in [-0.2, -0.15) is 4.98 Å². The second kappa shape index (κ2) is 7.65. The van der Waals surface area contributed by atoms with E-state index >= 15 is 0 Å². The van der Waals surface area contributed by atoms with Crippen molar-refractivity contribution in [3.05, 3.63) is 65.9 Å². The molecule has 0 bridgehead atoms. The first-order valence-electron chi connectivity index (χ1n) is 8.18. The summed E-state index contributed by atoms with van der Waals surface area (Å²) in [6, 6.07) is 16.7. The van der Waals surface area contributed by atoms with Crippen LogP contribution in [-0.2, 0) is 0 Å².